The van der Waals surface area contributed by atoms with Crippen LogP contribution in [-0.2, 0) is 9.53 Å². The van der Waals surface area contributed by atoms with Crippen LogP contribution in [0.2, 0.25) is 0 Å². The van der Waals surface area contributed by atoms with E-state index in [2.05, 4.69) is 15.9 Å². The third-order valence-corrected chi connectivity index (χ3v) is 3.88. The van der Waals surface area contributed by atoms with Gasteiger partial charge in [0.25, 0.3) is 5.91 Å². The quantitative estimate of drug-likeness (QED) is 0.778. The number of thiophene rings is 1. The fourth-order valence-corrected chi connectivity index (χ4v) is 2.75. The summed E-state index contributed by atoms with van der Waals surface area (Å²) in [6, 6.07) is 3.51. The van der Waals surface area contributed by atoms with Crippen molar-refractivity contribution in [3.8, 4) is 0 Å². The number of ether oxygens (including phenoxy) is 1. The molecule has 100 valence electrons. The maximum absolute atomic E-state index is 12.2. The summed E-state index contributed by atoms with van der Waals surface area (Å²) in [7, 11) is 0. The molecule has 0 saturated carbocycles. The normalized spacial score (nSPS) is 10.5. The van der Waals surface area contributed by atoms with Gasteiger partial charge >= 0.3 is 5.97 Å². The van der Waals surface area contributed by atoms with Crippen molar-refractivity contribution >= 4 is 39.1 Å². The molecule has 0 aliphatic carbocycles. The largest absolute Gasteiger partial charge is 0.465 e. The van der Waals surface area contributed by atoms with Crippen LogP contribution in [0.15, 0.2) is 15.9 Å². The molecule has 0 aromatic carbocycles. The number of rotatable bonds is 5. The number of nitrogens with zero attached hydrogens (tertiary/aromatic N) is 1. The van der Waals surface area contributed by atoms with E-state index in [1.54, 1.807) is 13.0 Å². The average molecular weight is 334 g/mol. The van der Waals surface area contributed by atoms with Gasteiger partial charge in [0.05, 0.1) is 15.3 Å². The molecule has 0 aliphatic rings. The second kappa shape index (κ2) is 6.89. The SMILES string of the molecule is CCOC(=O)CN(C(=O)c1ccc(Br)s1)C(C)C. The van der Waals surface area contributed by atoms with Gasteiger partial charge in [0, 0.05) is 6.04 Å². The van der Waals surface area contributed by atoms with E-state index in [4.69, 9.17) is 4.74 Å². The van der Waals surface area contributed by atoms with Crippen LogP contribution in [0.1, 0.15) is 30.4 Å². The minimum absolute atomic E-state index is 0.0140. The standard InChI is InChI=1S/C12H16BrNO3S/c1-4-17-11(15)7-14(8(2)3)12(16)9-5-6-10(13)18-9/h5-6,8H,4,7H2,1-3H3. The number of amides is 1. The van der Waals surface area contributed by atoms with Crippen LogP contribution in [0.5, 0.6) is 0 Å². The van der Waals surface area contributed by atoms with E-state index in [1.165, 1.54) is 16.2 Å². The highest BCUT2D eigenvalue weighted by molar-refractivity contribution is 9.11. The lowest BCUT2D eigenvalue weighted by molar-refractivity contribution is -0.144. The Hall–Kier alpha value is -0.880. The summed E-state index contributed by atoms with van der Waals surface area (Å²) in [6.45, 7) is 5.80. The summed E-state index contributed by atoms with van der Waals surface area (Å²) in [6.07, 6.45) is 0. The summed E-state index contributed by atoms with van der Waals surface area (Å²) >= 11 is 4.67. The summed E-state index contributed by atoms with van der Waals surface area (Å²) in [5, 5.41) is 0. The zero-order valence-corrected chi connectivity index (χ0v) is 13.0. The van der Waals surface area contributed by atoms with E-state index in [9.17, 15) is 9.59 Å². The highest BCUT2D eigenvalue weighted by Crippen LogP contribution is 2.23. The molecule has 0 aliphatic heterocycles. The average Bonchev–Trinajstić information content (AvgIpc) is 2.72. The molecule has 0 bridgehead atoms. The molecule has 0 saturated heterocycles. The van der Waals surface area contributed by atoms with Crippen molar-refractivity contribution in [2.45, 2.75) is 26.8 Å². The lowest BCUT2D eigenvalue weighted by Crippen LogP contribution is -2.40. The Kier molecular flexibility index (Phi) is 5.81. The molecule has 0 atom stereocenters. The molecule has 1 amide bonds. The van der Waals surface area contributed by atoms with Crippen molar-refractivity contribution in [3.05, 3.63) is 20.8 Å². The Balaban J connectivity index is 2.79. The number of carbonyl (C=O) groups excluding carboxylic acids is 2. The summed E-state index contributed by atoms with van der Waals surface area (Å²) in [4.78, 5) is 25.8. The fourth-order valence-electron chi connectivity index (χ4n) is 1.41. The van der Waals surface area contributed by atoms with Gasteiger partial charge in [0.2, 0.25) is 0 Å². The van der Waals surface area contributed by atoms with Crippen LogP contribution in [0, 0.1) is 0 Å². The monoisotopic (exact) mass is 333 g/mol. The smallest absolute Gasteiger partial charge is 0.325 e. The van der Waals surface area contributed by atoms with Gasteiger partial charge in [-0.05, 0) is 48.8 Å². The first-order valence-corrected chi connectivity index (χ1v) is 7.28. The van der Waals surface area contributed by atoms with Gasteiger partial charge in [-0.25, -0.2) is 0 Å². The Bertz CT molecular complexity index is 431. The molecular formula is C12H16BrNO3S. The van der Waals surface area contributed by atoms with E-state index in [-0.39, 0.29) is 24.5 Å². The van der Waals surface area contributed by atoms with Crippen LogP contribution in [0.4, 0.5) is 0 Å². The zero-order valence-electron chi connectivity index (χ0n) is 10.6. The molecular weight excluding hydrogens is 318 g/mol. The van der Waals surface area contributed by atoms with Gasteiger partial charge in [0.1, 0.15) is 6.54 Å². The summed E-state index contributed by atoms with van der Waals surface area (Å²) in [5.74, 6) is -0.524. The van der Waals surface area contributed by atoms with Crippen molar-refractivity contribution in [1.82, 2.24) is 4.90 Å². The first kappa shape index (κ1) is 15.2. The predicted molar refractivity (Wildman–Crippen MR) is 74.8 cm³/mol. The van der Waals surface area contributed by atoms with E-state index >= 15 is 0 Å². The van der Waals surface area contributed by atoms with Crippen molar-refractivity contribution in [2.75, 3.05) is 13.2 Å². The number of hydrogen-bond donors (Lipinski definition) is 0. The van der Waals surface area contributed by atoms with E-state index in [0.717, 1.165) is 3.79 Å². The van der Waals surface area contributed by atoms with E-state index < -0.39 is 0 Å². The predicted octanol–water partition coefficient (Wildman–Crippen LogP) is 2.92. The summed E-state index contributed by atoms with van der Waals surface area (Å²) < 4.78 is 5.77. The van der Waals surface area contributed by atoms with Gasteiger partial charge in [-0.3, -0.25) is 9.59 Å². The molecule has 0 N–H and O–H groups in total. The molecule has 0 fully saturated rings. The van der Waals surface area contributed by atoms with Crippen LogP contribution in [0.25, 0.3) is 0 Å². The van der Waals surface area contributed by atoms with Crippen LogP contribution < -0.4 is 0 Å². The highest BCUT2D eigenvalue weighted by Gasteiger charge is 2.23. The Morgan fingerprint density at radius 3 is 2.56 bits per heavy atom. The van der Waals surface area contributed by atoms with Gasteiger partial charge in [-0.1, -0.05) is 0 Å². The van der Waals surface area contributed by atoms with Crippen molar-refractivity contribution in [3.63, 3.8) is 0 Å². The minimum Gasteiger partial charge on any atom is -0.465 e. The molecule has 1 rings (SSSR count). The number of hydrogen-bond acceptors (Lipinski definition) is 4. The number of carbonyl (C=O) groups is 2. The van der Waals surface area contributed by atoms with E-state index in [0.29, 0.717) is 11.5 Å². The highest BCUT2D eigenvalue weighted by atomic mass is 79.9. The number of halogens is 1. The van der Waals surface area contributed by atoms with Crippen molar-refractivity contribution in [2.24, 2.45) is 0 Å². The second-order valence-electron chi connectivity index (χ2n) is 3.94. The first-order chi connectivity index (χ1) is 8.45. The molecule has 1 aromatic rings. The Morgan fingerprint density at radius 2 is 2.11 bits per heavy atom. The molecule has 0 spiro atoms. The first-order valence-electron chi connectivity index (χ1n) is 5.67. The molecule has 0 radical (unpaired) electrons. The number of esters is 1. The topological polar surface area (TPSA) is 46.6 Å². The maximum Gasteiger partial charge on any atom is 0.325 e. The van der Waals surface area contributed by atoms with Crippen LogP contribution in [0.3, 0.4) is 0 Å². The molecule has 6 heteroatoms. The van der Waals surface area contributed by atoms with Crippen LogP contribution in [-0.4, -0.2) is 36.0 Å². The van der Waals surface area contributed by atoms with Gasteiger partial charge in [-0.15, -0.1) is 11.3 Å². The second-order valence-corrected chi connectivity index (χ2v) is 6.40. The zero-order chi connectivity index (χ0) is 13.7. The van der Waals surface area contributed by atoms with Gasteiger partial charge in [0.15, 0.2) is 0 Å². The summed E-state index contributed by atoms with van der Waals surface area (Å²) in [5.41, 5.74) is 0. The fraction of sp³-hybridized carbons (Fsp3) is 0.500. The molecule has 1 aromatic heterocycles. The Labute approximate surface area is 119 Å². The molecule has 4 nitrogen and oxygen atoms in total. The molecule has 18 heavy (non-hydrogen) atoms. The van der Waals surface area contributed by atoms with E-state index in [1.807, 2.05) is 19.9 Å². The molecule has 1 heterocycles. The third-order valence-electron chi connectivity index (χ3n) is 2.27. The van der Waals surface area contributed by atoms with Gasteiger partial charge < -0.3 is 9.64 Å². The molecule has 0 unspecified atom stereocenters. The maximum atomic E-state index is 12.2. The Morgan fingerprint density at radius 1 is 1.44 bits per heavy atom. The lowest BCUT2D eigenvalue weighted by atomic mass is 10.3. The van der Waals surface area contributed by atoms with Crippen LogP contribution >= 0.6 is 27.3 Å². The van der Waals surface area contributed by atoms with Crippen molar-refractivity contribution < 1.29 is 14.3 Å². The lowest BCUT2D eigenvalue weighted by Gasteiger charge is -2.25. The third kappa shape index (κ3) is 4.10. The van der Waals surface area contributed by atoms with Gasteiger partial charge in [-0.2, -0.15) is 0 Å². The minimum atomic E-state index is -0.379. The van der Waals surface area contributed by atoms with Crippen molar-refractivity contribution in [1.29, 1.82) is 0 Å².